The lowest BCUT2D eigenvalue weighted by atomic mass is 9.90. The minimum Gasteiger partial charge on any atom is -0.378 e. The summed E-state index contributed by atoms with van der Waals surface area (Å²) in [7, 11) is -0.725. The third-order valence-corrected chi connectivity index (χ3v) is 6.73. The number of nitrogens with zero attached hydrogens (tertiary/aromatic N) is 2. The fourth-order valence-electron chi connectivity index (χ4n) is 3.83. The molecule has 0 amide bonds. The second kappa shape index (κ2) is 9.69. The van der Waals surface area contributed by atoms with Crippen LogP contribution in [0.2, 0.25) is 0 Å². The smallest absolute Gasteiger partial charge is 0.378 e. The maximum absolute atomic E-state index is 6.08. The van der Waals surface area contributed by atoms with Gasteiger partial charge in [-0.1, -0.05) is 52.0 Å². The molecule has 1 saturated heterocycles. The lowest BCUT2D eigenvalue weighted by molar-refractivity contribution is 0.00578. The standard InChI is InChI=1S/C27H39BN2O3/c1-17(2)21-13-11-14-22(18(3)4)25(21)29-19(5)23-15-12-16-24(30-23)20(6)31-28-32-26(7,8)27(9,10)33-28/h11-18,20H,1-10H3. The molecule has 0 radical (unpaired) electrons. The van der Waals surface area contributed by atoms with Crippen LogP contribution in [-0.4, -0.2) is 29.2 Å². The van der Waals surface area contributed by atoms with E-state index >= 15 is 0 Å². The number of rotatable bonds is 7. The second-order valence-corrected chi connectivity index (χ2v) is 10.6. The molecule has 0 spiro atoms. The lowest BCUT2D eigenvalue weighted by Crippen LogP contribution is -2.41. The van der Waals surface area contributed by atoms with E-state index in [1.54, 1.807) is 0 Å². The topological polar surface area (TPSA) is 52.9 Å². The molecule has 178 valence electrons. The highest BCUT2D eigenvalue weighted by molar-refractivity contribution is 6.37. The number of aromatic nitrogens is 1. The third-order valence-electron chi connectivity index (χ3n) is 6.73. The van der Waals surface area contributed by atoms with Crippen molar-refractivity contribution in [2.45, 2.75) is 98.4 Å². The summed E-state index contributed by atoms with van der Waals surface area (Å²) in [6.07, 6.45) is -0.290. The number of hydrogen-bond acceptors (Lipinski definition) is 5. The van der Waals surface area contributed by atoms with E-state index in [2.05, 4.69) is 45.9 Å². The summed E-state index contributed by atoms with van der Waals surface area (Å²) in [5.74, 6) is 0.783. The fourth-order valence-corrected chi connectivity index (χ4v) is 3.83. The molecule has 2 heterocycles. The molecule has 0 N–H and O–H groups in total. The van der Waals surface area contributed by atoms with Crippen molar-refractivity contribution in [1.82, 2.24) is 4.98 Å². The first-order valence-electron chi connectivity index (χ1n) is 12.0. The highest BCUT2D eigenvalue weighted by Crippen LogP contribution is 2.38. The Morgan fingerprint density at radius 3 is 1.91 bits per heavy atom. The Hall–Kier alpha value is -2.02. The normalized spacial score (nSPS) is 18.9. The van der Waals surface area contributed by atoms with E-state index in [1.165, 1.54) is 11.1 Å². The Labute approximate surface area is 200 Å². The zero-order chi connectivity index (χ0) is 24.6. The Kier molecular flexibility index (Phi) is 7.52. The molecule has 1 aliphatic rings. The van der Waals surface area contributed by atoms with Crippen LogP contribution >= 0.6 is 0 Å². The zero-order valence-electron chi connectivity index (χ0n) is 21.9. The van der Waals surface area contributed by atoms with Gasteiger partial charge in [0.25, 0.3) is 0 Å². The monoisotopic (exact) mass is 450 g/mol. The van der Waals surface area contributed by atoms with Crippen molar-refractivity contribution >= 4 is 18.7 Å². The van der Waals surface area contributed by atoms with Gasteiger partial charge in [0.15, 0.2) is 0 Å². The average molecular weight is 450 g/mol. The average Bonchev–Trinajstić information content (AvgIpc) is 2.93. The summed E-state index contributed by atoms with van der Waals surface area (Å²) in [6, 6.07) is 12.4. The van der Waals surface area contributed by atoms with E-state index < -0.39 is 18.5 Å². The maximum Gasteiger partial charge on any atom is 0.640 e. The van der Waals surface area contributed by atoms with Crippen LogP contribution in [0.5, 0.6) is 0 Å². The van der Waals surface area contributed by atoms with E-state index in [0.29, 0.717) is 11.8 Å². The molecule has 0 saturated carbocycles. The Morgan fingerprint density at radius 2 is 1.39 bits per heavy atom. The fraction of sp³-hybridized carbons (Fsp3) is 0.556. The minimum atomic E-state index is -0.725. The van der Waals surface area contributed by atoms with Gasteiger partial charge in [0.2, 0.25) is 0 Å². The summed E-state index contributed by atoms with van der Waals surface area (Å²) >= 11 is 0. The Morgan fingerprint density at radius 1 is 0.879 bits per heavy atom. The van der Waals surface area contributed by atoms with Crippen molar-refractivity contribution in [3.8, 4) is 0 Å². The van der Waals surface area contributed by atoms with Crippen LogP contribution < -0.4 is 0 Å². The van der Waals surface area contributed by atoms with Gasteiger partial charge in [-0.05, 0) is 76.6 Å². The molecule has 1 aromatic heterocycles. The molecular formula is C27H39BN2O3. The predicted molar refractivity (Wildman–Crippen MR) is 136 cm³/mol. The molecule has 0 aliphatic carbocycles. The zero-order valence-corrected chi connectivity index (χ0v) is 21.9. The molecular weight excluding hydrogens is 411 g/mol. The predicted octanol–water partition coefficient (Wildman–Crippen LogP) is 7.14. The van der Waals surface area contributed by atoms with Crippen LogP contribution in [0.25, 0.3) is 0 Å². The first kappa shape index (κ1) is 25.6. The molecule has 1 aromatic carbocycles. The van der Waals surface area contributed by atoms with Crippen LogP contribution in [0.3, 0.4) is 0 Å². The van der Waals surface area contributed by atoms with Gasteiger partial charge in [0.1, 0.15) is 0 Å². The van der Waals surface area contributed by atoms with Crippen LogP contribution in [0.15, 0.2) is 41.4 Å². The van der Waals surface area contributed by atoms with Crippen LogP contribution in [0.4, 0.5) is 5.69 Å². The number of aliphatic imine (C=N–C) groups is 1. The van der Waals surface area contributed by atoms with E-state index in [4.69, 9.17) is 23.9 Å². The quantitative estimate of drug-likeness (QED) is 0.332. The van der Waals surface area contributed by atoms with Gasteiger partial charge in [-0.3, -0.25) is 4.99 Å². The lowest BCUT2D eigenvalue weighted by Gasteiger charge is -2.31. The summed E-state index contributed by atoms with van der Waals surface area (Å²) in [5.41, 5.74) is 5.25. The number of benzene rings is 1. The van der Waals surface area contributed by atoms with Gasteiger partial charge in [0.05, 0.1) is 40.1 Å². The summed E-state index contributed by atoms with van der Waals surface area (Å²) in [4.78, 5) is 9.94. The molecule has 1 unspecified atom stereocenters. The van der Waals surface area contributed by atoms with Crippen molar-refractivity contribution in [2.75, 3.05) is 0 Å². The molecule has 0 bridgehead atoms. The van der Waals surface area contributed by atoms with Crippen LogP contribution in [-0.2, 0) is 14.0 Å². The van der Waals surface area contributed by atoms with E-state index in [9.17, 15) is 0 Å². The molecule has 5 nitrogen and oxygen atoms in total. The van der Waals surface area contributed by atoms with Crippen LogP contribution in [0, 0.1) is 0 Å². The van der Waals surface area contributed by atoms with Crippen LogP contribution in [0.1, 0.15) is 110 Å². The van der Waals surface area contributed by atoms with Crippen molar-refractivity contribution in [2.24, 2.45) is 4.99 Å². The van der Waals surface area contributed by atoms with Gasteiger partial charge < -0.3 is 14.0 Å². The summed E-state index contributed by atoms with van der Waals surface area (Å²) in [6.45, 7) is 20.9. The molecule has 3 rings (SSSR count). The van der Waals surface area contributed by atoms with Gasteiger partial charge >= 0.3 is 7.32 Å². The first-order valence-corrected chi connectivity index (χ1v) is 12.0. The van der Waals surface area contributed by atoms with E-state index in [0.717, 1.165) is 22.8 Å². The van der Waals surface area contributed by atoms with Crippen molar-refractivity contribution in [1.29, 1.82) is 0 Å². The van der Waals surface area contributed by atoms with E-state index in [1.807, 2.05) is 59.7 Å². The van der Waals surface area contributed by atoms with Gasteiger partial charge in [0, 0.05) is 0 Å². The Bertz CT molecular complexity index is 972. The number of pyridine rings is 1. The van der Waals surface area contributed by atoms with Gasteiger partial charge in [-0.25, -0.2) is 4.98 Å². The first-order chi connectivity index (χ1) is 15.3. The van der Waals surface area contributed by atoms with Crippen molar-refractivity contribution < 1.29 is 14.0 Å². The molecule has 1 atom stereocenters. The highest BCUT2D eigenvalue weighted by atomic mass is 16.8. The Balaban J connectivity index is 1.86. The molecule has 33 heavy (non-hydrogen) atoms. The largest absolute Gasteiger partial charge is 0.640 e. The SMILES string of the molecule is CC(=Nc1c(C(C)C)cccc1C(C)C)c1cccc(C(C)OB2OC(C)(C)C(C)(C)O2)n1. The number of hydrogen-bond donors (Lipinski definition) is 0. The van der Waals surface area contributed by atoms with Crippen molar-refractivity contribution in [3.05, 3.63) is 58.9 Å². The van der Waals surface area contributed by atoms with Gasteiger partial charge in [-0.15, -0.1) is 0 Å². The summed E-state index contributed by atoms with van der Waals surface area (Å²) in [5, 5.41) is 0. The third kappa shape index (κ3) is 5.56. The minimum absolute atomic E-state index is 0.290. The number of para-hydroxylation sites is 1. The van der Waals surface area contributed by atoms with Gasteiger partial charge in [-0.2, -0.15) is 0 Å². The second-order valence-electron chi connectivity index (χ2n) is 10.6. The maximum atomic E-state index is 6.08. The molecule has 1 aliphatic heterocycles. The molecule has 1 fully saturated rings. The highest BCUT2D eigenvalue weighted by Gasteiger charge is 2.53. The summed E-state index contributed by atoms with van der Waals surface area (Å²) < 4.78 is 18.1. The van der Waals surface area contributed by atoms with Crippen molar-refractivity contribution in [3.63, 3.8) is 0 Å². The van der Waals surface area contributed by atoms with E-state index in [-0.39, 0.29) is 6.10 Å². The molecule has 2 aromatic rings. The molecule has 6 heteroatoms.